The standard InChI is InChI=1S/C16H21F3N6O2/c1-8-10(6-11(26)20-7-12(27)23-15(3,4)5)9(2)25-14(21-8)22-13(24-25)16(17,18)19/h6-7H2,1-5H3,(H,20,26)(H,23,27). The van der Waals surface area contributed by atoms with E-state index < -0.39 is 23.4 Å². The van der Waals surface area contributed by atoms with Crippen molar-refractivity contribution < 1.29 is 22.8 Å². The zero-order valence-corrected chi connectivity index (χ0v) is 15.7. The van der Waals surface area contributed by atoms with E-state index in [1.54, 1.807) is 6.92 Å². The van der Waals surface area contributed by atoms with Crippen LogP contribution in [-0.4, -0.2) is 43.5 Å². The molecule has 11 heteroatoms. The predicted molar refractivity (Wildman–Crippen MR) is 89.9 cm³/mol. The molecule has 0 saturated carbocycles. The van der Waals surface area contributed by atoms with Crippen molar-refractivity contribution in [2.45, 2.75) is 52.8 Å². The molecule has 0 radical (unpaired) electrons. The maximum absolute atomic E-state index is 12.8. The minimum Gasteiger partial charge on any atom is -0.350 e. The van der Waals surface area contributed by atoms with E-state index in [0.29, 0.717) is 17.0 Å². The van der Waals surface area contributed by atoms with E-state index in [-0.39, 0.29) is 24.7 Å². The van der Waals surface area contributed by atoms with Crippen LogP contribution in [0.1, 0.15) is 43.5 Å². The molecule has 27 heavy (non-hydrogen) atoms. The van der Waals surface area contributed by atoms with Gasteiger partial charge in [0.25, 0.3) is 11.6 Å². The molecular weight excluding hydrogens is 365 g/mol. The zero-order chi connectivity index (χ0) is 20.6. The molecular formula is C16H21F3N6O2. The SMILES string of the molecule is Cc1nc2nc(C(F)(F)F)nn2c(C)c1CC(=O)NCC(=O)NC(C)(C)C. The Morgan fingerprint density at radius 3 is 2.26 bits per heavy atom. The highest BCUT2D eigenvalue weighted by Crippen LogP contribution is 2.27. The second-order valence-electron chi connectivity index (χ2n) is 7.16. The third kappa shape index (κ3) is 5.14. The predicted octanol–water partition coefficient (Wildman–Crippen LogP) is 1.33. The molecule has 0 unspecified atom stereocenters. The lowest BCUT2D eigenvalue weighted by Gasteiger charge is -2.20. The molecule has 2 amide bonds. The van der Waals surface area contributed by atoms with Gasteiger partial charge in [0.1, 0.15) is 0 Å². The Morgan fingerprint density at radius 1 is 1.07 bits per heavy atom. The number of carbonyl (C=O) groups is 2. The van der Waals surface area contributed by atoms with Crippen LogP contribution in [0.15, 0.2) is 0 Å². The molecule has 0 aliphatic carbocycles. The number of hydrogen-bond donors (Lipinski definition) is 2. The summed E-state index contributed by atoms with van der Waals surface area (Å²) in [7, 11) is 0. The molecule has 0 spiro atoms. The van der Waals surface area contributed by atoms with E-state index in [4.69, 9.17) is 0 Å². The summed E-state index contributed by atoms with van der Waals surface area (Å²) < 4.78 is 39.3. The molecule has 2 aromatic rings. The molecule has 0 aliphatic rings. The summed E-state index contributed by atoms with van der Waals surface area (Å²) in [5, 5.41) is 8.62. The lowest BCUT2D eigenvalue weighted by Crippen LogP contribution is -2.46. The summed E-state index contributed by atoms with van der Waals surface area (Å²) >= 11 is 0. The highest BCUT2D eigenvalue weighted by molar-refractivity contribution is 5.86. The number of carbonyl (C=O) groups excluding carboxylic acids is 2. The Morgan fingerprint density at radius 2 is 1.70 bits per heavy atom. The summed E-state index contributed by atoms with van der Waals surface area (Å²) in [6.07, 6.45) is -4.84. The lowest BCUT2D eigenvalue weighted by molar-refractivity contribution is -0.144. The second-order valence-corrected chi connectivity index (χ2v) is 7.16. The molecule has 0 bridgehead atoms. The second kappa shape index (κ2) is 7.12. The molecule has 2 N–H and O–H groups in total. The van der Waals surface area contributed by atoms with Gasteiger partial charge in [-0.1, -0.05) is 0 Å². The first-order valence-corrected chi connectivity index (χ1v) is 8.15. The van der Waals surface area contributed by atoms with Gasteiger partial charge in [-0.15, -0.1) is 5.10 Å². The number of rotatable bonds is 4. The lowest BCUT2D eigenvalue weighted by atomic mass is 10.1. The van der Waals surface area contributed by atoms with E-state index in [2.05, 4.69) is 25.7 Å². The topological polar surface area (TPSA) is 101 Å². The van der Waals surface area contributed by atoms with Crippen molar-refractivity contribution in [2.24, 2.45) is 0 Å². The summed E-state index contributed by atoms with van der Waals surface area (Å²) in [5.74, 6) is -2.28. The summed E-state index contributed by atoms with van der Waals surface area (Å²) in [4.78, 5) is 31.3. The largest absolute Gasteiger partial charge is 0.453 e. The molecule has 0 saturated heterocycles. The van der Waals surface area contributed by atoms with Crippen LogP contribution in [0.3, 0.4) is 0 Å². The molecule has 0 aromatic carbocycles. The van der Waals surface area contributed by atoms with Crippen molar-refractivity contribution in [1.82, 2.24) is 30.2 Å². The number of alkyl halides is 3. The quantitative estimate of drug-likeness (QED) is 0.826. The summed E-state index contributed by atoms with van der Waals surface area (Å²) in [6.45, 7) is 8.34. The Labute approximate surface area is 153 Å². The van der Waals surface area contributed by atoms with Crippen molar-refractivity contribution >= 4 is 17.6 Å². The van der Waals surface area contributed by atoms with Crippen molar-refractivity contribution in [3.8, 4) is 0 Å². The number of halogens is 3. The van der Waals surface area contributed by atoms with E-state index in [1.165, 1.54) is 6.92 Å². The summed E-state index contributed by atoms with van der Waals surface area (Å²) in [6, 6.07) is 0. The van der Waals surface area contributed by atoms with Crippen LogP contribution in [0.5, 0.6) is 0 Å². The van der Waals surface area contributed by atoms with Gasteiger partial charge in [0.15, 0.2) is 0 Å². The van der Waals surface area contributed by atoms with Gasteiger partial charge in [-0.2, -0.15) is 18.2 Å². The fourth-order valence-electron chi connectivity index (χ4n) is 2.45. The Bertz CT molecular complexity index is 883. The smallest absolute Gasteiger partial charge is 0.350 e. The van der Waals surface area contributed by atoms with Crippen LogP contribution in [0.4, 0.5) is 13.2 Å². The van der Waals surface area contributed by atoms with E-state index in [1.807, 2.05) is 20.8 Å². The zero-order valence-electron chi connectivity index (χ0n) is 15.7. The first-order chi connectivity index (χ1) is 12.3. The summed E-state index contributed by atoms with van der Waals surface area (Å²) in [5.41, 5.74) is 0.702. The van der Waals surface area contributed by atoms with Crippen molar-refractivity contribution in [2.75, 3.05) is 6.54 Å². The highest BCUT2D eigenvalue weighted by Gasteiger charge is 2.37. The number of aryl methyl sites for hydroxylation is 2. The minimum atomic E-state index is -4.69. The third-order valence-corrected chi connectivity index (χ3v) is 3.60. The Kier molecular flexibility index (Phi) is 5.43. The van der Waals surface area contributed by atoms with Crippen molar-refractivity contribution in [3.63, 3.8) is 0 Å². The first kappa shape index (κ1) is 20.6. The normalized spacial score (nSPS) is 12.3. The number of amides is 2. The number of hydrogen-bond acceptors (Lipinski definition) is 5. The molecule has 2 rings (SSSR count). The average molecular weight is 386 g/mol. The molecule has 148 valence electrons. The minimum absolute atomic E-state index is 0.148. The van der Waals surface area contributed by atoms with Gasteiger partial charge >= 0.3 is 6.18 Å². The van der Waals surface area contributed by atoms with E-state index in [0.717, 1.165) is 4.52 Å². The van der Waals surface area contributed by atoms with Crippen LogP contribution >= 0.6 is 0 Å². The maximum atomic E-state index is 12.8. The molecule has 0 aliphatic heterocycles. The van der Waals surface area contributed by atoms with Gasteiger partial charge in [-0.05, 0) is 34.6 Å². The maximum Gasteiger partial charge on any atom is 0.453 e. The van der Waals surface area contributed by atoms with Crippen LogP contribution in [0.25, 0.3) is 5.78 Å². The number of nitrogens with one attached hydrogen (secondary N) is 2. The third-order valence-electron chi connectivity index (χ3n) is 3.60. The van der Waals surface area contributed by atoms with Crippen molar-refractivity contribution in [3.05, 3.63) is 22.8 Å². The molecule has 0 fully saturated rings. The molecule has 0 atom stereocenters. The van der Waals surface area contributed by atoms with Gasteiger partial charge in [0.05, 0.1) is 13.0 Å². The number of nitrogens with zero attached hydrogens (tertiary/aromatic N) is 4. The van der Waals surface area contributed by atoms with Gasteiger partial charge in [0.2, 0.25) is 11.8 Å². The molecule has 2 heterocycles. The van der Waals surface area contributed by atoms with Crippen LogP contribution in [0, 0.1) is 13.8 Å². The van der Waals surface area contributed by atoms with Crippen molar-refractivity contribution in [1.29, 1.82) is 0 Å². The Hall–Kier alpha value is -2.72. The fraction of sp³-hybridized carbons (Fsp3) is 0.562. The first-order valence-electron chi connectivity index (χ1n) is 8.15. The van der Waals surface area contributed by atoms with Crippen LogP contribution in [0.2, 0.25) is 0 Å². The van der Waals surface area contributed by atoms with E-state index >= 15 is 0 Å². The average Bonchev–Trinajstić information content (AvgIpc) is 2.92. The van der Waals surface area contributed by atoms with Gasteiger partial charge in [-0.3, -0.25) is 9.59 Å². The fourth-order valence-corrected chi connectivity index (χ4v) is 2.45. The van der Waals surface area contributed by atoms with Gasteiger partial charge < -0.3 is 10.6 Å². The molecule has 2 aromatic heterocycles. The molecule has 8 nitrogen and oxygen atoms in total. The number of aromatic nitrogens is 4. The van der Waals surface area contributed by atoms with Crippen LogP contribution < -0.4 is 10.6 Å². The monoisotopic (exact) mass is 386 g/mol. The van der Waals surface area contributed by atoms with E-state index in [9.17, 15) is 22.8 Å². The Balaban J connectivity index is 2.16. The van der Waals surface area contributed by atoms with Crippen LogP contribution in [-0.2, 0) is 22.2 Å². The van der Waals surface area contributed by atoms with Gasteiger partial charge in [-0.25, -0.2) is 9.50 Å². The highest BCUT2D eigenvalue weighted by atomic mass is 19.4. The van der Waals surface area contributed by atoms with Gasteiger partial charge in [0, 0.05) is 22.5 Å². The number of fused-ring (bicyclic) bond motifs is 1.